The van der Waals surface area contributed by atoms with Gasteiger partial charge in [-0.2, -0.15) is 0 Å². The van der Waals surface area contributed by atoms with Gasteiger partial charge in [-0.05, 0) is 36.3 Å². The van der Waals surface area contributed by atoms with Crippen LogP contribution in [0.25, 0.3) is 0 Å². The molecule has 4 rings (SSSR count). The van der Waals surface area contributed by atoms with Crippen molar-refractivity contribution in [3.8, 4) is 0 Å². The largest absolute Gasteiger partial charge is 0.365 e. The number of hydrogen-bond acceptors (Lipinski definition) is 4. The predicted molar refractivity (Wildman–Crippen MR) is 88.8 cm³/mol. The van der Waals surface area contributed by atoms with Gasteiger partial charge in [0, 0.05) is 17.0 Å². The lowest BCUT2D eigenvalue weighted by atomic mass is 9.87. The lowest BCUT2D eigenvalue weighted by Gasteiger charge is -2.35. The van der Waals surface area contributed by atoms with Crippen molar-refractivity contribution in [2.75, 3.05) is 6.26 Å². The van der Waals surface area contributed by atoms with Gasteiger partial charge in [0.15, 0.2) is 5.16 Å². The van der Waals surface area contributed by atoms with Crippen LogP contribution in [0.2, 0.25) is 10.2 Å². The van der Waals surface area contributed by atoms with E-state index in [0.717, 1.165) is 35.5 Å². The van der Waals surface area contributed by atoms with Gasteiger partial charge in [-0.3, -0.25) is 0 Å². The minimum atomic E-state index is -0.319. The normalized spacial score (nSPS) is 22.7. The first-order chi connectivity index (χ1) is 10.6. The number of thioether (sulfide) groups is 1. The van der Waals surface area contributed by atoms with E-state index in [1.165, 1.54) is 22.9 Å². The summed E-state index contributed by atoms with van der Waals surface area (Å²) in [5, 5.41) is 2.05. The van der Waals surface area contributed by atoms with E-state index in [9.17, 15) is 0 Å². The Balaban J connectivity index is 1.80. The van der Waals surface area contributed by atoms with E-state index < -0.39 is 0 Å². The quantitative estimate of drug-likeness (QED) is 0.432. The van der Waals surface area contributed by atoms with Gasteiger partial charge in [0.1, 0.15) is 5.15 Å². The molecule has 1 aliphatic heterocycles. The number of fused-ring (bicyclic) bond motifs is 3. The maximum atomic E-state index is 6.34. The minimum Gasteiger partial charge on any atom is -0.365 e. The predicted octanol–water partition coefficient (Wildman–Crippen LogP) is 4.42. The molecule has 114 valence electrons. The van der Waals surface area contributed by atoms with Crippen molar-refractivity contribution in [1.82, 2.24) is 9.97 Å². The Bertz CT molecular complexity index is 768. The van der Waals surface area contributed by atoms with Gasteiger partial charge in [0.05, 0.1) is 17.9 Å². The Morgan fingerprint density at radius 1 is 1.23 bits per heavy atom. The van der Waals surface area contributed by atoms with Gasteiger partial charge in [0.2, 0.25) is 0 Å². The zero-order chi connectivity index (χ0) is 15.3. The number of ether oxygens (including phenoxy) is 1. The highest BCUT2D eigenvalue weighted by Gasteiger charge is 2.44. The number of halogens is 2. The van der Waals surface area contributed by atoms with Gasteiger partial charge in [-0.1, -0.05) is 47.1 Å². The van der Waals surface area contributed by atoms with Crippen LogP contribution in [-0.4, -0.2) is 16.2 Å². The van der Waals surface area contributed by atoms with Crippen molar-refractivity contribution in [1.29, 1.82) is 0 Å². The van der Waals surface area contributed by atoms with Gasteiger partial charge in [-0.25, -0.2) is 9.97 Å². The summed E-state index contributed by atoms with van der Waals surface area (Å²) in [5.41, 5.74) is 4.01. The third-order valence-corrected chi connectivity index (χ3v) is 5.75. The molecular formula is C16H14Cl2N2OS. The second kappa shape index (κ2) is 5.38. The molecule has 2 aromatic rings. The monoisotopic (exact) mass is 352 g/mol. The summed E-state index contributed by atoms with van der Waals surface area (Å²) in [5.74, 6) is 0. The summed E-state index contributed by atoms with van der Waals surface area (Å²) in [6.45, 7) is 0.453. The molecule has 1 aromatic heterocycles. The fourth-order valence-corrected chi connectivity index (χ4v) is 4.37. The van der Waals surface area contributed by atoms with Crippen LogP contribution in [0.4, 0.5) is 0 Å². The molecule has 1 atom stereocenters. The Labute approximate surface area is 143 Å². The van der Waals surface area contributed by atoms with Crippen LogP contribution < -0.4 is 0 Å². The number of nitrogens with zero attached hydrogens (tertiary/aromatic N) is 2. The average molecular weight is 353 g/mol. The maximum Gasteiger partial charge on any atom is 0.188 e. The molecule has 0 bridgehead atoms. The number of benzene rings is 1. The molecule has 0 saturated carbocycles. The van der Waals surface area contributed by atoms with Crippen molar-refractivity contribution in [3.05, 3.63) is 50.8 Å². The maximum absolute atomic E-state index is 6.34. The van der Waals surface area contributed by atoms with E-state index in [0.29, 0.717) is 16.9 Å². The highest BCUT2D eigenvalue weighted by atomic mass is 35.5. The molecule has 0 amide bonds. The van der Waals surface area contributed by atoms with E-state index in [4.69, 9.17) is 27.9 Å². The highest BCUT2D eigenvalue weighted by molar-refractivity contribution is 7.98. The summed E-state index contributed by atoms with van der Waals surface area (Å²) < 4.78 is 6.26. The topological polar surface area (TPSA) is 35.0 Å². The SMILES string of the molecule is CSc1nc(Cl)c2c(n1)C[C@@]1(CCc3c(Cl)cccc31)OC2. The van der Waals surface area contributed by atoms with Gasteiger partial charge in [-0.15, -0.1) is 0 Å². The summed E-state index contributed by atoms with van der Waals surface area (Å²) >= 11 is 14.1. The third-order valence-electron chi connectivity index (χ3n) is 4.54. The minimum absolute atomic E-state index is 0.319. The molecule has 3 nitrogen and oxygen atoms in total. The molecule has 6 heteroatoms. The smallest absolute Gasteiger partial charge is 0.188 e. The lowest BCUT2D eigenvalue weighted by Crippen LogP contribution is -2.34. The fourth-order valence-electron chi connectivity index (χ4n) is 3.43. The van der Waals surface area contributed by atoms with Gasteiger partial charge >= 0.3 is 0 Å². The first-order valence-corrected chi connectivity index (χ1v) is 9.12. The zero-order valence-corrected chi connectivity index (χ0v) is 14.4. The third kappa shape index (κ3) is 2.16. The number of rotatable bonds is 1. The average Bonchev–Trinajstić information content (AvgIpc) is 2.87. The number of hydrogen-bond donors (Lipinski definition) is 0. The van der Waals surface area contributed by atoms with Crippen LogP contribution in [0.5, 0.6) is 0 Å². The Morgan fingerprint density at radius 2 is 2.09 bits per heavy atom. The first-order valence-electron chi connectivity index (χ1n) is 7.14. The van der Waals surface area contributed by atoms with Crippen LogP contribution in [0.3, 0.4) is 0 Å². The summed E-state index contributed by atoms with van der Waals surface area (Å²) in [4.78, 5) is 8.96. The fraction of sp³-hybridized carbons (Fsp3) is 0.375. The molecule has 2 aliphatic rings. The van der Waals surface area contributed by atoms with E-state index in [2.05, 4.69) is 16.0 Å². The lowest BCUT2D eigenvalue weighted by molar-refractivity contribution is -0.0732. The molecule has 1 aliphatic carbocycles. The first kappa shape index (κ1) is 14.8. The van der Waals surface area contributed by atoms with Crippen molar-refractivity contribution in [2.45, 2.75) is 36.6 Å². The standard InChI is InChI=1S/C16H14Cl2N2OS/c1-22-15-19-13-7-16(21-8-10(13)14(18)20-15)6-5-9-11(16)3-2-4-12(9)17/h2-4H,5-8H2,1H3/t16-/m1/s1. The van der Waals surface area contributed by atoms with Gasteiger partial charge in [0.25, 0.3) is 0 Å². The van der Waals surface area contributed by atoms with E-state index in [1.54, 1.807) is 0 Å². The molecule has 0 fully saturated rings. The van der Waals surface area contributed by atoms with Crippen LogP contribution in [0.1, 0.15) is 28.8 Å². The molecule has 2 heterocycles. The van der Waals surface area contributed by atoms with Gasteiger partial charge < -0.3 is 4.74 Å². The van der Waals surface area contributed by atoms with Crippen LogP contribution in [-0.2, 0) is 29.8 Å². The van der Waals surface area contributed by atoms with Crippen molar-refractivity contribution in [3.63, 3.8) is 0 Å². The summed E-state index contributed by atoms with van der Waals surface area (Å²) in [6.07, 6.45) is 4.56. The molecule has 0 radical (unpaired) electrons. The van der Waals surface area contributed by atoms with Crippen LogP contribution >= 0.6 is 35.0 Å². The molecule has 22 heavy (non-hydrogen) atoms. The molecule has 0 saturated heterocycles. The van der Waals surface area contributed by atoms with E-state index in [1.807, 2.05) is 18.4 Å². The van der Waals surface area contributed by atoms with Crippen LogP contribution in [0.15, 0.2) is 23.4 Å². The Kier molecular flexibility index (Phi) is 3.61. The molecule has 1 aromatic carbocycles. The van der Waals surface area contributed by atoms with E-state index in [-0.39, 0.29) is 5.60 Å². The molecule has 0 N–H and O–H groups in total. The van der Waals surface area contributed by atoms with Crippen molar-refractivity contribution >= 4 is 35.0 Å². The second-order valence-corrected chi connectivity index (χ2v) is 7.19. The number of aromatic nitrogens is 2. The zero-order valence-electron chi connectivity index (χ0n) is 12.0. The highest BCUT2D eigenvalue weighted by Crippen LogP contribution is 2.48. The molecular weight excluding hydrogens is 339 g/mol. The molecule has 0 unspecified atom stereocenters. The summed E-state index contributed by atoms with van der Waals surface area (Å²) in [7, 11) is 0. The van der Waals surface area contributed by atoms with Crippen molar-refractivity contribution < 1.29 is 4.74 Å². The molecule has 1 spiro atoms. The van der Waals surface area contributed by atoms with E-state index >= 15 is 0 Å². The van der Waals surface area contributed by atoms with Crippen molar-refractivity contribution in [2.24, 2.45) is 0 Å². The Morgan fingerprint density at radius 3 is 2.91 bits per heavy atom. The second-order valence-electron chi connectivity index (χ2n) is 5.65. The summed E-state index contributed by atoms with van der Waals surface area (Å²) in [6, 6.07) is 6.06. The van der Waals surface area contributed by atoms with Crippen LogP contribution in [0, 0.1) is 0 Å². The Hall–Kier alpha value is -0.810.